The third-order valence-electron chi connectivity index (χ3n) is 5.73. The van der Waals surface area contributed by atoms with Gasteiger partial charge in [-0.05, 0) is 36.2 Å². The van der Waals surface area contributed by atoms with E-state index in [0.29, 0.717) is 18.9 Å². The molecule has 1 aromatic carbocycles. The third-order valence-corrected chi connectivity index (χ3v) is 5.73. The molecule has 3 N–H and O–H groups in total. The van der Waals surface area contributed by atoms with Crippen LogP contribution in [0.15, 0.2) is 42.7 Å². The molecule has 0 bridgehead atoms. The van der Waals surface area contributed by atoms with Crippen molar-refractivity contribution < 1.29 is 13.2 Å². The smallest absolute Gasteiger partial charge is 0.383 e. The lowest BCUT2D eigenvalue weighted by molar-refractivity contribution is -0.147. The Kier molecular flexibility index (Phi) is 5.03. The van der Waals surface area contributed by atoms with Crippen LogP contribution in [0.3, 0.4) is 0 Å². The zero-order valence-electron chi connectivity index (χ0n) is 17.8. The zero-order valence-corrected chi connectivity index (χ0v) is 17.8. The van der Waals surface area contributed by atoms with Crippen molar-refractivity contribution in [2.24, 2.45) is 0 Å². The predicted octanol–water partition coefficient (Wildman–Crippen LogP) is 3.76. The van der Waals surface area contributed by atoms with E-state index in [1.165, 1.54) is 0 Å². The normalized spacial score (nSPS) is 13.9. The molecule has 0 atom stereocenters. The number of benzene rings is 1. The van der Waals surface area contributed by atoms with Gasteiger partial charge in [-0.15, -0.1) is 10.2 Å². The summed E-state index contributed by atoms with van der Waals surface area (Å²) in [6.45, 7) is 3.26. The van der Waals surface area contributed by atoms with Gasteiger partial charge < -0.3 is 20.5 Å². The Morgan fingerprint density at radius 2 is 1.94 bits per heavy atom. The fraction of sp³-hybridized carbons (Fsp3) is 0.273. The number of hydrogen-bond acceptors (Lipinski definition) is 7. The number of anilines is 3. The SMILES string of the molecule is Cc1cc(CNc2cccc3c(N)nccc23)cnc1N1CCn2c(nnc2C(F)(F)F)C1. The zero-order chi connectivity index (χ0) is 23.2. The number of alkyl halides is 3. The quantitative estimate of drug-likeness (QED) is 0.485. The number of nitrogens with two attached hydrogens (primary N) is 1. The Morgan fingerprint density at radius 1 is 1.09 bits per heavy atom. The number of hydrogen-bond donors (Lipinski definition) is 2. The van der Waals surface area contributed by atoms with E-state index in [1.54, 1.807) is 12.4 Å². The monoisotopic (exact) mass is 454 g/mol. The largest absolute Gasteiger partial charge is 0.451 e. The summed E-state index contributed by atoms with van der Waals surface area (Å²) in [5, 5.41) is 12.4. The molecular weight excluding hydrogens is 433 g/mol. The molecule has 170 valence electrons. The van der Waals surface area contributed by atoms with Crippen LogP contribution in [-0.2, 0) is 25.8 Å². The topological polar surface area (TPSA) is 97.8 Å². The number of aryl methyl sites for hydroxylation is 1. The van der Waals surface area contributed by atoms with Crippen molar-refractivity contribution in [3.63, 3.8) is 0 Å². The lowest BCUT2D eigenvalue weighted by atomic mass is 10.1. The van der Waals surface area contributed by atoms with Crippen molar-refractivity contribution in [3.8, 4) is 0 Å². The molecule has 4 heterocycles. The van der Waals surface area contributed by atoms with Crippen LogP contribution in [0.2, 0.25) is 0 Å². The summed E-state index contributed by atoms with van der Waals surface area (Å²) in [5.74, 6) is 0.544. The summed E-state index contributed by atoms with van der Waals surface area (Å²) in [6, 6.07) is 9.78. The molecule has 0 saturated heterocycles. The van der Waals surface area contributed by atoms with Gasteiger partial charge in [0, 0.05) is 48.5 Å². The van der Waals surface area contributed by atoms with Crippen LogP contribution >= 0.6 is 0 Å². The van der Waals surface area contributed by atoms with Crippen molar-refractivity contribution in [1.82, 2.24) is 24.7 Å². The van der Waals surface area contributed by atoms with Gasteiger partial charge in [-0.25, -0.2) is 9.97 Å². The second kappa shape index (κ2) is 7.91. The van der Waals surface area contributed by atoms with E-state index >= 15 is 0 Å². The number of halogens is 3. The first kappa shape index (κ1) is 21.0. The maximum Gasteiger partial charge on any atom is 0.451 e. The second-order valence-electron chi connectivity index (χ2n) is 7.95. The molecule has 3 aromatic heterocycles. The molecule has 0 aliphatic carbocycles. The van der Waals surface area contributed by atoms with Gasteiger partial charge in [0.1, 0.15) is 11.6 Å². The van der Waals surface area contributed by atoms with Gasteiger partial charge >= 0.3 is 6.18 Å². The molecule has 0 spiro atoms. The van der Waals surface area contributed by atoms with Crippen LogP contribution in [-0.4, -0.2) is 31.3 Å². The highest BCUT2D eigenvalue weighted by molar-refractivity contribution is 5.99. The van der Waals surface area contributed by atoms with Gasteiger partial charge in [0.25, 0.3) is 0 Å². The Bertz CT molecular complexity index is 1330. The van der Waals surface area contributed by atoms with Gasteiger partial charge in [-0.1, -0.05) is 12.1 Å². The Hall–Kier alpha value is -3.89. The van der Waals surface area contributed by atoms with Crippen LogP contribution in [0.1, 0.15) is 22.8 Å². The maximum absolute atomic E-state index is 13.1. The highest BCUT2D eigenvalue weighted by Gasteiger charge is 2.39. The number of nitrogens with one attached hydrogen (secondary N) is 1. The molecule has 8 nitrogen and oxygen atoms in total. The number of aromatic nitrogens is 5. The third kappa shape index (κ3) is 3.90. The number of nitrogens with zero attached hydrogens (tertiary/aromatic N) is 6. The summed E-state index contributed by atoms with van der Waals surface area (Å²) in [4.78, 5) is 10.7. The van der Waals surface area contributed by atoms with Gasteiger partial charge in [-0.3, -0.25) is 0 Å². The van der Waals surface area contributed by atoms with Crippen LogP contribution in [0.5, 0.6) is 0 Å². The standard InChI is InChI=1S/C22H21F3N8/c1-13-9-14(10-28-17-4-2-3-16-15(17)5-6-27-19(16)26)11-29-20(13)32-7-8-33-18(12-32)30-31-21(33)22(23,24)25/h2-6,9,11,28H,7-8,10,12H2,1H3,(H2,26,27). The van der Waals surface area contributed by atoms with Crippen molar-refractivity contribution in [3.05, 3.63) is 65.5 Å². The molecule has 5 rings (SSSR count). The first-order valence-corrected chi connectivity index (χ1v) is 10.4. The summed E-state index contributed by atoms with van der Waals surface area (Å²) in [6.07, 6.45) is -1.06. The Morgan fingerprint density at radius 3 is 2.73 bits per heavy atom. The highest BCUT2D eigenvalue weighted by Crippen LogP contribution is 2.31. The van der Waals surface area contributed by atoms with Crippen LogP contribution < -0.4 is 16.0 Å². The molecule has 0 unspecified atom stereocenters. The molecule has 4 aromatic rings. The minimum absolute atomic E-state index is 0.153. The van der Waals surface area contributed by atoms with Crippen LogP contribution in [0.4, 0.5) is 30.5 Å². The van der Waals surface area contributed by atoms with Gasteiger partial charge in [0.05, 0.1) is 6.54 Å². The molecule has 0 saturated carbocycles. The number of fused-ring (bicyclic) bond motifs is 2. The predicted molar refractivity (Wildman–Crippen MR) is 119 cm³/mol. The molecular formula is C22H21F3N8. The maximum atomic E-state index is 13.1. The molecule has 1 aliphatic rings. The second-order valence-corrected chi connectivity index (χ2v) is 7.95. The number of nitrogen functional groups attached to an aromatic ring is 1. The minimum atomic E-state index is -4.51. The first-order valence-electron chi connectivity index (χ1n) is 10.4. The molecule has 11 heteroatoms. The van der Waals surface area contributed by atoms with E-state index in [-0.39, 0.29) is 18.9 Å². The lowest BCUT2D eigenvalue weighted by Crippen LogP contribution is -2.36. The van der Waals surface area contributed by atoms with Crippen molar-refractivity contribution in [2.45, 2.75) is 32.7 Å². The van der Waals surface area contributed by atoms with E-state index in [9.17, 15) is 13.2 Å². The Balaban J connectivity index is 1.32. The van der Waals surface area contributed by atoms with Crippen molar-refractivity contribution in [1.29, 1.82) is 0 Å². The lowest BCUT2D eigenvalue weighted by Gasteiger charge is -2.30. The molecule has 33 heavy (non-hydrogen) atoms. The molecule has 1 aliphatic heterocycles. The summed E-state index contributed by atoms with van der Waals surface area (Å²) in [7, 11) is 0. The fourth-order valence-corrected chi connectivity index (χ4v) is 4.18. The summed E-state index contributed by atoms with van der Waals surface area (Å²) in [5.41, 5.74) is 8.83. The van der Waals surface area contributed by atoms with E-state index < -0.39 is 12.0 Å². The van der Waals surface area contributed by atoms with E-state index in [1.807, 2.05) is 42.2 Å². The highest BCUT2D eigenvalue weighted by atomic mass is 19.4. The Labute approximate surface area is 187 Å². The van der Waals surface area contributed by atoms with E-state index in [4.69, 9.17) is 5.73 Å². The molecule has 0 amide bonds. The van der Waals surface area contributed by atoms with Crippen molar-refractivity contribution in [2.75, 3.05) is 22.5 Å². The van der Waals surface area contributed by atoms with Gasteiger partial charge in [0.2, 0.25) is 5.82 Å². The fourth-order valence-electron chi connectivity index (χ4n) is 4.18. The summed E-state index contributed by atoms with van der Waals surface area (Å²) >= 11 is 0. The van der Waals surface area contributed by atoms with Crippen LogP contribution in [0, 0.1) is 6.92 Å². The average Bonchev–Trinajstić information content (AvgIpc) is 3.22. The van der Waals surface area contributed by atoms with Gasteiger partial charge in [-0.2, -0.15) is 13.2 Å². The molecule has 0 fully saturated rings. The van der Waals surface area contributed by atoms with Gasteiger partial charge in [0.15, 0.2) is 5.82 Å². The molecule has 0 radical (unpaired) electrons. The van der Waals surface area contributed by atoms with Crippen molar-refractivity contribution >= 4 is 28.1 Å². The summed E-state index contributed by atoms with van der Waals surface area (Å²) < 4.78 is 40.4. The van der Waals surface area contributed by atoms with E-state index in [0.717, 1.165) is 38.0 Å². The van der Waals surface area contributed by atoms with Crippen LogP contribution in [0.25, 0.3) is 10.8 Å². The first-order chi connectivity index (χ1) is 15.8. The number of rotatable bonds is 4. The average molecular weight is 454 g/mol. The van der Waals surface area contributed by atoms with E-state index in [2.05, 4.69) is 25.5 Å². The minimum Gasteiger partial charge on any atom is -0.383 e. The number of pyridine rings is 2.